The van der Waals surface area contributed by atoms with E-state index >= 15 is 0 Å². The predicted octanol–water partition coefficient (Wildman–Crippen LogP) is 3.51. The summed E-state index contributed by atoms with van der Waals surface area (Å²) >= 11 is 5.76. The maximum absolute atomic E-state index is 12.2. The number of aromatic carboxylic acids is 1. The number of hydrogen-bond acceptors (Lipinski definition) is 4. The van der Waals surface area contributed by atoms with Gasteiger partial charge in [-0.3, -0.25) is 14.9 Å². The lowest BCUT2D eigenvalue weighted by atomic mass is 10.1. The number of anilines is 1. The summed E-state index contributed by atoms with van der Waals surface area (Å²) in [6.45, 7) is 1.53. The van der Waals surface area contributed by atoms with Crippen molar-refractivity contribution in [3.05, 3.63) is 68.2 Å². The van der Waals surface area contributed by atoms with Gasteiger partial charge in [0.1, 0.15) is 0 Å². The molecule has 0 unspecified atom stereocenters. The minimum Gasteiger partial charge on any atom is -0.478 e. The maximum atomic E-state index is 12.2. The molecule has 0 aliphatic rings. The minimum absolute atomic E-state index is 0.0571. The van der Waals surface area contributed by atoms with Crippen LogP contribution in [-0.4, -0.2) is 21.9 Å². The second-order valence-electron chi connectivity index (χ2n) is 4.71. The third kappa shape index (κ3) is 3.64. The third-order valence-electron chi connectivity index (χ3n) is 3.11. The fourth-order valence-electron chi connectivity index (χ4n) is 1.97. The van der Waals surface area contributed by atoms with Gasteiger partial charge in [-0.2, -0.15) is 0 Å². The molecule has 0 saturated heterocycles. The van der Waals surface area contributed by atoms with Crippen LogP contribution < -0.4 is 5.32 Å². The molecule has 0 saturated carbocycles. The molecule has 0 atom stereocenters. The molecule has 7 nitrogen and oxygen atoms in total. The Kier molecular flexibility index (Phi) is 4.61. The number of nitro benzene ring substituents is 1. The number of carboxylic acids is 1. The van der Waals surface area contributed by atoms with E-state index in [1.807, 2.05) is 0 Å². The van der Waals surface area contributed by atoms with Crippen LogP contribution in [0, 0.1) is 17.0 Å². The van der Waals surface area contributed by atoms with Gasteiger partial charge in [-0.15, -0.1) is 0 Å². The summed E-state index contributed by atoms with van der Waals surface area (Å²) in [7, 11) is 0. The van der Waals surface area contributed by atoms with Gasteiger partial charge in [0.05, 0.1) is 15.5 Å². The molecular formula is C15H11ClN2O5. The lowest BCUT2D eigenvalue weighted by Gasteiger charge is -2.08. The van der Waals surface area contributed by atoms with Crippen molar-refractivity contribution < 1.29 is 19.6 Å². The zero-order valence-corrected chi connectivity index (χ0v) is 12.6. The number of carboxylic acid groups (broad SMARTS) is 1. The van der Waals surface area contributed by atoms with Crippen molar-refractivity contribution in [1.82, 2.24) is 0 Å². The summed E-state index contributed by atoms with van der Waals surface area (Å²) in [4.78, 5) is 33.4. The molecular weight excluding hydrogens is 324 g/mol. The molecule has 1 amide bonds. The Morgan fingerprint density at radius 1 is 1.22 bits per heavy atom. The number of carbonyl (C=O) groups excluding carboxylic acids is 1. The largest absolute Gasteiger partial charge is 0.478 e. The summed E-state index contributed by atoms with van der Waals surface area (Å²) in [5.41, 5.74) is 0.614. The summed E-state index contributed by atoms with van der Waals surface area (Å²) in [6, 6.07) is 8.03. The molecule has 2 rings (SSSR count). The Balaban J connectivity index is 2.26. The van der Waals surface area contributed by atoms with Crippen LogP contribution in [0.15, 0.2) is 36.4 Å². The standard InChI is InChI=1S/C15H11ClN2O5/c1-8-6-9(2-5-13(8)18(22)23)14(19)17-10-3-4-12(16)11(7-10)15(20)21/h2-7H,1H3,(H,17,19)(H,20,21). The van der Waals surface area contributed by atoms with Gasteiger partial charge in [0.25, 0.3) is 11.6 Å². The van der Waals surface area contributed by atoms with Crippen molar-refractivity contribution in [3.63, 3.8) is 0 Å². The zero-order chi connectivity index (χ0) is 17.1. The fraction of sp³-hybridized carbons (Fsp3) is 0.0667. The molecule has 0 fully saturated rings. The van der Waals surface area contributed by atoms with Crippen molar-refractivity contribution in [2.75, 3.05) is 5.32 Å². The van der Waals surface area contributed by atoms with Crippen LogP contribution in [0.25, 0.3) is 0 Å². The number of nitrogens with zero attached hydrogens (tertiary/aromatic N) is 1. The number of halogens is 1. The second-order valence-corrected chi connectivity index (χ2v) is 5.12. The van der Waals surface area contributed by atoms with Gasteiger partial charge in [0.2, 0.25) is 0 Å². The summed E-state index contributed by atoms with van der Waals surface area (Å²) < 4.78 is 0. The van der Waals surface area contributed by atoms with E-state index in [9.17, 15) is 19.7 Å². The van der Waals surface area contributed by atoms with Gasteiger partial charge >= 0.3 is 5.97 Å². The number of benzene rings is 2. The van der Waals surface area contributed by atoms with E-state index in [2.05, 4.69) is 5.32 Å². The molecule has 0 spiro atoms. The fourth-order valence-corrected chi connectivity index (χ4v) is 2.17. The zero-order valence-electron chi connectivity index (χ0n) is 11.9. The average Bonchev–Trinajstić information content (AvgIpc) is 2.48. The Bertz CT molecular complexity index is 820. The normalized spacial score (nSPS) is 10.2. The molecule has 2 aromatic rings. The first-order chi connectivity index (χ1) is 10.8. The summed E-state index contributed by atoms with van der Waals surface area (Å²) in [5.74, 6) is -1.72. The second kappa shape index (κ2) is 6.45. The van der Waals surface area contributed by atoms with E-state index in [-0.39, 0.29) is 27.5 Å². The molecule has 8 heteroatoms. The lowest BCUT2D eigenvalue weighted by Crippen LogP contribution is -2.13. The van der Waals surface area contributed by atoms with E-state index < -0.39 is 16.8 Å². The van der Waals surface area contributed by atoms with Crippen LogP contribution in [0.2, 0.25) is 5.02 Å². The maximum Gasteiger partial charge on any atom is 0.337 e. The first-order valence-electron chi connectivity index (χ1n) is 6.39. The highest BCUT2D eigenvalue weighted by Crippen LogP contribution is 2.22. The summed E-state index contributed by atoms with van der Waals surface area (Å²) in [5, 5.41) is 22.3. The highest BCUT2D eigenvalue weighted by Gasteiger charge is 2.15. The first-order valence-corrected chi connectivity index (χ1v) is 6.76. The number of hydrogen-bond donors (Lipinski definition) is 2. The number of amides is 1. The molecule has 118 valence electrons. The van der Waals surface area contributed by atoms with Gasteiger partial charge in [-0.1, -0.05) is 11.6 Å². The van der Waals surface area contributed by atoms with Crippen molar-refractivity contribution in [3.8, 4) is 0 Å². The molecule has 0 aliphatic heterocycles. The Morgan fingerprint density at radius 3 is 2.48 bits per heavy atom. The SMILES string of the molecule is Cc1cc(C(=O)Nc2ccc(Cl)c(C(=O)O)c2)ccc1[N+](=O)[O-]. The van der Waals surface area contributed by atoms with Gasteiger partial charge in [-0.05, 0) is 37.3 Å². The van der Waals surface area contributed by atoms with E-state index in [0.29, 0.717) is 5.56 Å². The number of carbonyl (C=O) groups is 2. The first kappa shape index (κ1) is 16.4. The molecule has 0 heterocycles. The van der Waals surface area contributed by atoms with Gasteiger partial charge in [0.15, 0.2) is 0 Å². The van der Waals surface area contributed by atoms with Gasteiger partial charge in [0, 0.05) is 22.9 Å². The molecule has 0 bridgehead atoms. The van der Waals surface area contributed by atoms with Crippen molar-refractivity contribution >= 4 is 34.9 Å². The van der Waals surface area contributed by atoms with Gasteiger partial charge in [-0.25, -0.2) is 4.79 Å². The van der Waals surface area contributed by atoms with Crippen LogP contribution >= 0.6 is 11.6 Å². The van der Waals surface area contributed by atoms with E-state index in [4.69, 9.17) is 16.7 Å². The van der Waals surface area contributed by atoms with E-state index in [0.717, 1.165) is 0 Å². The van der Waals surface area contributed by atoms with Crippen molar-refractivity contribution in [2.24, 2.45) is 0 Å². The topological polar surface area (TPSA) is 110 Å². The van der Waals surface area contributed by atoms with Crippen molar-refractivity contribution in [2.45, 2.75) is 6.92 Å². The predicted molar refractivity (Wildman–Crippen MR) is 84.2 cm³/mol. The highest BCUT2D eigenvalue weighted by molar-refractivity contribution is 6.33. The molecule has 0 aliphatic carbocycles. The average molecular weight is 335 g/mol. The van der Waals surface area contributed by atoms with Crippen LogP contribution in [0.5, 0.6) is 0 Å². The molecule has 0 aromatic heterocycles. The minimum atomic E-state index is -1.21. The van der Waals surface area contributed by atoms with Gasteiger partial charge < -0.3 is 10.4 Å². The van der Waals surface area contributed by atoms with Crippen LogP contribution in [-0.2, 0) is 0 Å². The Hall–Kier alpha value is -2.93. The van der Waals surface area contributed by atoms with Crippen molar-refractivity contribution in [1.29, 1.82) is 0 Å². The monoisotopic (exact) mass is 334 g/mol. The van der Waals surface area contributed by atoms with E-state index in [1.54, 1.807) is 0 Å². The number of aryl methyl sites for hydroxylation is 1. The van der Waals surface area contributed by atoms with Crippen LogP contribution in [0.1, 0.15) is 26.3 Å². The number of rotatable bonds is 4. The van der Waals surface area contributed by atoms with Crippen LogP contribution in [0.3, 0.4) is 0 Å². The molecule has 2 N–H and O–H groups in total. The third-order valence-corrected chi connectivity index (χ3v) is 3.44. The van der Waals surface area contributed by atoms with Crippen LogP contribution in [0.4, 0.5) is 11.4 Å². The molecule has 23 heavy (non-hydrogen) atoms. The Morgan fingerprint density at radius 2 is 1.91 bits per heavy atom. The summed E-state index contributed by atoms with van der Waals surface area (Å²) in [6.07, 6.45) is 0. The lowest BCUT2D eigenvalue weighted by molar-refractivity contribution is -0.385. The molecule has 2 aromatic carbocycles. The number of nitro groups is 1. The molecule has 0 radical (unpaired) electrons. The smallest absolute Gasteiger partial charge is 0.337 e. The number of nitrogens with one attached hydrogen (secondary N) is 1. The highest BCUT2D eigenvalue weighted by atomic mass is 35.5. The van der Waals surface area contributed by atoms with E-state index in [1.165, 1.54) is 43.3 Å². The quantitative estimate of drug-likeness (QED) is 0.656. The Labute approximate surface area is 135 Å².